The van der Waals surface area contributed by atoms with Gasteiger partial charge < -0.3 is 0 Å². The Labute approximate surface area is 126 Å². The predicted octanol–water partition coefficient (Wildman–Crippen LogP) is 6.05. The van der Waals surface area contributed by atoms with Crippen LogP contribution in [0.25, 0.3) is 21.5 Å². The van der Waals surface area contributed by atoms with E-state index < -0.39 is 0 Å². The molecule has 0 aliphatic heterocycles. The van der Waals surface area contributed by atoms with E-state index in [1.165, 1.54) is 51.9 Å². The summed E-state index contributed by atoms with van der Waals surface area (Å²) in [5.41, 5.74) is 6.00. The molecule has 4 rings (SSSR count). The minimum absolute atomic E-state index is 0.693. The lowest BCUT2D eigenvalue weighted by atomic mass is 9.79. The van der Waals surface area contributed by atoms with Crippen molar-refractivity contribution in [3.05, 3.63) is 58.7 Å². The molecule has 0 saturated carbocycles. The maximum absolute atomic E-state index is 2.43. The molecule has 0 aromatic heterocycles. The second-order valence-corrected chi connectivity index (χ2v) is 6.72. The van der Waals surface area contributed by atoms with Gasteiger partial charge in [0.15, 0.2) is 0 Å². The van der Waals surface area contributed by atoms with Crippen LogP contribution in [-0.2, 0) is 6.42 Å². The van der Waals surface area contributed by atoms with Gasteiger partial charge in [0.2, 0.25) is 0 Å². The summed E-state index contributed by atoms with van der Waals surface area (Å²) in [5.74, 6) is 0.693. The van der Waals surface area contributed by atoms with Crippen molar-refractivity contribution in [2.45, 2.75) is 46.0 Å². The molecule has 3 aromatic rings. The largest absolute Gasteiger partial charge is 0.0614 e. The molecule has 0 heterocycles. The average molecular weight is 274 g/mol. The molecule has 0 fully saturated rings. The Morgan fingerprint density at radius 3 is 2.62 bits per heavy atom. The highest BCUT2D eigenvalue weighted by molar-refractivity contribution is 6.11. The molecule has 106 valence electrons. The third-order valence-corrected chi connectivity index (χ3v) is 5.28. The van der Waals surface area contributed by atoms with Crippen molar-refractivity contribution in [2.24, 2.45) is 0 Å². The Balaban J connectivity index is 2.22. The standard InChI is InChI=1S/C21H22/c1-13-6-4-8-16-10-11-18-19(20(13)16)12-15(3)17-9-5-7-14(2)21(17)18/h5,7,9-13H,4,6,8H2,1-3H3/t13-/m1/s1. The number of benzene rings is 3. The van der Waals surface area contributed by atoms with Gasteiger partial charge in [-0.15, -0.1) is 0 Å². The van der Waals surface area contributed by atoms with E-state index in [9.17, 15) is 0 Å². The molecule has 0 N–H and O–H groups in total. The van der Waals surface area contributed by atoms with Gasteiger partial charge in [-0.25, -0.2) is 0 Å². The molecule has 0 bridgehead atoms. The van der Waals surface area contributed by atoms with Crippen LogP contribution in [0.1, 0.15) is 47.9 Å². The Morgan fingerprint density at radius 2 is 1.76 bits per heavy atom. The lowest BCUT2D eigenvalue weighted by molar-refractivity contribution is 0.595. The van der Waals surface area contributed by atoms with Gasteiger partial charge in [0.1, 0.15) is 0 Å². The summed E-state index contributed by atoms with van der Waals surface area (Å²) >= 11 is 0. The highest BCUT2D eigenvalue weighted by Crippen LogP contribution is 2.40. The molecule has 0 amide bonds. The summed E-state index contributed by atoms with van der Waals surface area (Å²) in [7, 11) is 0. The lowest BCUT2D eigenvalue weighted by Crippen LogP contribution is -2.07. The zero-order valence-corrected chi connectivity index (χ0v) is 13.2. The Hall–Kier alpha value is -1.82. The summed E-state index contributed by atoms with van der Waals surface area (Å²) in [4.78, 5) is 0. The third-order valence-electron chi connectivity index (χ3n) is 5.28. The van der Waals surface area contributed by atoms with Gasteiger partial charge in [0.25, 0.3) is 0 Å². The first-order chi connectivity index (χ1) is 10.2. The van der Waals surface area contributed by atoms with E-state index in [0.29, 0.717) is 5.92 Å². The summed E-state index contributed by atoms with van der Waals surface area (Å²) in [6, 6.07) is 13.9. The lowest BCUT2D eigenvalue weighted by Gasteiger charge is -2.25. The molecule has 0 unspecified atom stereocenters. The molecular weight excluding hydrogens is 252 g/mol. The fourth-order valence-electron chi connectivity index (χ4n) is 4.25. The van der Waals surface area contributed by atoms with Crippen LogP contribution in [0.5, 0.6) is 0 Å². The van der Waals surface area contributed by atoms with Gasteiger partial charge in [-0.1, -0.05) is 43.3 Å². The van der Waals surface area contributed by atoms with E-state index in [0.717, 1.165) is 0 Å². The highest BCUT2D eigenvalue weighted by atomic mass is 14.2. The Morgan fingerprint density at radius 1 is 0.905 bits per heavy atom. The van der Waals surface area contributed by atoms with Crippen LogP contribution >= 0.6 is 0 Å². The van der Waals surface area contributed by atoms with E-state index in [4.69, 9.17) is 0 Å². The predicted molar refractivity (Wildman–Crippen MR) is 92.3 cm³/mol. The van der Waals surface area contributed by atoms with Crippen molar-refractivity contribution in [1.82, 2.24) is 0 Å². The van der Waals surface area contributed by atoms with Gasteiger partial charge in [-0.2, -0.15) is 0 Å². The first kappa shape index (κ1) is 12.9. The number of hydrogen-bond acceptors (Lipinski definition) is 0. The van der Waals surface area contributed by atoms with Crippen LogP contribution in [0, 0.1) is 13.8 Å². The van der Waals surface area contributed by atoms with Gasteiger partial charge >= 0.3 is 0 Å². The van der Waals surface area contributed by atoms with E-state index in [1.54, 1.807) is 11.1 Å². The van der Waals surface area contributed by atoms with Crippen LogP contribution in [0.4, 0.5) is 0 Å². The third kappa shape index (κ3) is 1.82. The molecule has 1 aliphatic rings. The van der Waals surface area contributed by atoms with Crippen LogP contribution in [0.3, 0.4) is 0 Å². The Kier molecular flexibility index (Phi) is 2.82. The van der Waals surface area contributed by atoms with Crippen LogP contribution in [0.15, 0.2) is 36.4 Å². The second kappa shape index (κ2) is 4.59. The average Bonchev–Trinajstić information content (AvgIpc) is 2.47. The zero-order valence-electron chi connectivity index (χ0n) is 13.2. The van der Waals surface area contributed by atoms with E-state index >= 15 is 0 Å². The molecule has 1 atom stereocenters. The molecule has 0 saturated heterocycles. The molecule has 0 heteroatoms. The van der Waals surface area contributed by atoms with Crippen LogP contribution in [-0.4, -0.2) is 0 Å². The maximum atomic E-state index is 2.43. The minimum atomic E-state index is 0.693. The van der Waals surface area contributed by atoms with Crippen LogP contribution < -0.4 is 0 Å². The van der Waals surface area contributed by atoms with Gasteiger partial charge in [-0.05, 0) is 82.8 Å². The van der Waals surface area contributed by atoms with E-state index in [2.05, 4.69) is 57.2 Å². The van der Waals surface area contributed by atoms with Gasteiger partial charge in [0, 0.05) is 0 Å². The molecule has 0 nitrogen and oxygen atoms in total. The number of hydrogen-bond donors (Lipinski definition) is 0. The van der Waals surface area contributed by atoms with Crippen molar-refractivity contribution in [3.63, 3.8) is 0 Å². The molecule has 21 heavy (non-hydrogen) atoms. The van der Waals surface area contributed by atoms with Crippen molar-refractivity contribution in [2.75, 3.05) is 0 Å². The first-order valence-corrected chi connectivity index (χ1v) is 8.11. The number of aryl methyl sites for hydroxylation is 3. The molecular formula is C21H22. The molecule has 3 aromatic carbocycles. The molecule has 1 aliphatic carbocycles. The highest BCUT2D eigenvalue weighted by Gasteiger charge is 2.20. The fourth-order valence-corrected chi connectivity index (χ4v) is 4.25. The summed E-state index contributed by atoms with van der Waals surface area (Å²) in [6.07, 6.45) is 3.92. The Bertz CT molecular complexity index is 855. The summed E-state index contributed by atoms with van der Waals surface area (Å²) < 4.78 is 0. The normalized spacial score (nSPS) is 18.1. The van der Waals surface area contributed by atoms with Gasteiger partial charge in [0.05, 0.1) is 0 Å². The summed E-state index contributed by atoms with van der Waals surface area (Å²) in [5, 5.41) is 5.80. The minimum Gasteiger partial charge on any atom is -0.0614 e. The van der Waals surface area contributed by atoms with Crippen molar-refractivity contribution >= 4 is 21.5 Å². The smallest absolute Gasteiger partial charge is 0.00733 e. The quantitative estimate of drug-likeness (QED) is 0.438. The first-order valence-electron chi connectivity index (χ1n) is 8.11. The second-order valence-electron chi connectivity index (χ2n) is 6.72. The SMILES string of the molecule is Cc1cc2c3c(ccc2c2c(C)cccc12)CCC[C@H]3C. The monoisotopic (exact) mass is 274 g/mol. The topological polar surface area (TPSA) is 0 Å². The van der Waals surface area contributed by atoms with E-state index in [1.807, 2.05) is 0 Å². The zero-order chi connectivity index (χ0) is 14.6. The summed E-state index contributed by atoms with van der Waals surface area (Å²) in [6.45, 7) is 6.90. The van der Waals surface area contributed by atoms with Crippen molar-refractivity contribution in [1.29, 1.82) is 0 Å². The molecule has 0 radical (unpaired) electrons. The van der Waals surface area contributed by atoms with E-state index in [-0.39, 0.29) is 0 Å². The van der Waals surface area contributed by atoms with Crippen LogP contribution in [0.2, 0.25) is 0 Å². The fraction of sp³-hybridized carbons (Fsp3) is 0.333. The van der Waals surface area contributed by atoms with Crippen molar-refractivity contribution in [3.8, 4) is 0 Å². The molecule has 0 spiro atoms. The number of fused-ring (bicyclic) bond motifs is 5. The van der Waals surface area contributed by atoms with Gasteiger partial charge in [-0.3, -0.25) is 0 Å². The number of rotatable bonds is 0. The van der Waals surface area contributed by atoms with Crippen molar-refractivity contribution < 1.29 is 0 Å². The maximum Gasteiger partial charge on any atom is -0.00733 e.